The van der Waals surface area contributed by atoms with Crippen molar-refractivity contribution in [2.45, 2.75) is 25.5 Å². The number of pyridine rings is 2. The highest BCUT2D eigenvalue weighted by Crippen LogP contribution is 2.40. The Kier molecular flexibility index (Phi) is 20.2. The van der Waals surface area contributed by atoms with Gasteiger partial charge in [-0.1, -0.05) is 23.2 Å². The van der Waals surface area contributed by atoms with Gasteiger partial charge in [0, 0.05) is 48.9 Å². The molecule has 0 fully saturated rings. The molecule has 0 amide bonds. The number of aromatic nitrogens is 8. The highest BCUT2D eigenvalue weighted by atomic mass is 79.9. The molecule has 2 N–H and O–H groups in total. The molecule has 15 nitrogen and oxygen atoms in total. The number of hydrogen-bond donors (Lipinski definition) is 2. The molecule has 0 unspecified atom stereocenters. The molecule has 5 heterocycles. The summed E-state index contributed by atoms with van der Waals surface area (Å²) in [5.74, 6) is 1.85. The lowest BCUT2D eigenvalue weighted by molar-refractivity contribution is -0.138. The van der Waals surface area contributed by atoms with Crippen molar-refractivity contribution >= 4 is 51.7 Å². The van der Waals surface area contributed by atoms with Crippen LogP contribution < -0.4 is 29.1 Å². The van der Waals surface area contributed by atoms with Crippen molar-refractivity contribution in [3.8, 4) is 57.5 Å². The van der Waals surface area contributed by atoms with Crippen molar-refractivity contribution in [1.82, 2.24) is 39.9 Å². The molecule has 0 saturated carbocycles. The van der Waals surface area contributed by atoms with Gasteiger partial charge in [-0.2, -0.15) is 39.5 Å². The smallest absolute Gasteiger partial charge is 0.494 e. The molecule has 0 aliphatic rings. The van der Waals surface area contributed by atoms with Crippen LogP contribution in [0.25, 0.3) is 11.1 Å². The summed E-state index contributed by atoms with van der Waals surface area (Å²) in [5, 5.41) is 19.0. The molecule has 0 atom stereocenters. The van der Waals surface area contributed by atoms with Gasteiger partial charge in [0.05, 0.1) is 52.0 Å². The fraction of sp³-hybridized carbons (Fsp3) is 0.130. The molecule has 0 bridgehead atoms. The van der Waals surface area contributed by atoms with Crippen LogP contribution in [-0.4, -0.2) is 71.3 Å². The number of benzene rings is 3. The van der Waals surface area contributed by atoms with Crippen molar-refractivity contribution in [3.63, 3.8) is 0 Å². The number of hydrogen-bond acceptors (Lipinski definition) is 15. The largest absolute Gasteiger partial charge is 0.495 e. The van der Waals surface area contributed by atoms with E-state index < -0.39 is 42.3 Å². The van der Waals surface area contributed by atoms with E-state index in [1.54, 1.807) is 26.4 Å². The molecule has 0 aliphatic heterocycles. The van der Waals surface area contributed by atoms with Crippen LogP contribution in [-0.2, 0) is 18.5 Å². The maximum absolute atomic E-state index is 12.7. The first-order valence-electron chi connectivity index (χ1n) is 20.3. The summed E-state index contributed by atoms with van der Waals surface area (Å²) in [4.78, 5) is 30.8. The minimum Gasteiger partial charge on any atom is -0.494 e. The van der Waals surface area contributed by atoms with E-state index >= 15 is 0 Å². The van der Waals surface area contributed by atoms with Gasteiger partial charge in [0.2, 0.25) is 17.6 Å². The molecular formula is C46H33BBrCl2F9N8O7. The maximum Gasteiger partial charge on any atom is 0.495 e. The lowest BCUT2D eigenvalue weighted by atomic mass is 9.82. The van der Waals surface area contributed by atoms with Gasteiger partial charge in [-0.25, -0.2) is 29.9 Å². The molecule has 5 aromatic heterocycles. The summed E-state index contributed by atoms with van der Waals surface area (Å²) in [5.41, 5.74) is -0.760. The summed E-state index contributed by atoms with van der Waals surface area (Å²) in [7, 11) is 1.16. The first kappa shape index (κ1) is 57.5. The van der Waals surface area contributed by atoms with Gasteiger partial charge in [0.25, 0.3) is 0 Å². The molecule has 0 aliphatic carbocycles. The number of alkyl halides is 9. The van der Waals surface area contributed by atoms with Crippen LogP contribution in [0, 0.1) is 6.92 Å². The van der Waals surface area contributed by atoms with Gasteiger partial charge in [0.1, 0.15) is 52.0 Å². The lowest BCUT2D eigenvalue weighted by Crippen LogP contribution is -2.32. The Balaban J connectivity index is 0.000000191. The molecule has 8 rings (SSSR count). The zero-order chi connectivity index (χ0) is 54.2. The predicted molar refractivity (Wildman–Crippen MR) is 254 cm³/mol. The van der Waals surface area contributed by atoms with Crippen LogP contribution in [0.1, 0.15) is 22.3 Å². The van der Waals surface area contributed by atoms with Crippen molar-refractivity contribution in [2.24, 2.45) is 0 Å². The molecule has 0 saturated heterocycles. The highest BCUT2D eigenvalue weighted by molar-refractivity contribution is 9.10. The first-order valence-corrected chi connectivity index (χ1v) is 21.8. The van der Waals surface area contributed by atoms with Crippen molar-refractivity contribution < 1.29 is 73.2 Å². The number of rotatable bonds is 10. The van der Waals surface area contributed by atoms with Crippen molar-refractivity contribution in [3.05, 3.63) is 172 Å². The van der Waals surface area contributed by atoms with Crippen LogP contribution >= 0.6 is 39.1 Å². The standard InChI is InChI=1S/C17H11ClF3N3O2.C12H9F3N2O.C11H8BF3N2O3.C6H5BrClNO/c1-25-15-12(6-22-8-14(15)18)13-7-23-9-24-16(13)26-11-4-2-10(3-5-11)17(19,20)21;1-8-6-16-7-17-11(8)18-10-4-2-9(3-5-10)12(13,14)15;13-11(14,15)7-1-3-8(4-2-7)20-10-9(12(18)19)5-16-6-17-10;1-10-6-4(7)2-9-3-5(6)8/h2-9H,1H3;2-7H,1H3;1-6,18-19H;2-3H,1H3. The van der Waals surface area contributed by atoms with Gasteiger partial charge in [-0.05, 0) is 95.7 Å². The van der Waals surface area contributed by atoms with Gasteiger partial charge in [-0.3, -0.25) is 9.97 Å². The molecule has 386 valence electrons. The average molecular weight is 1140 g/mol. The first-order chi connectivity index (χ1) is 35.0. The third kappa shape index (κ3) is 16.6. The van der Waals surface area contributed by atoms with Gasteiger partial charge >= 0.3 is 25.6 Å². The van der Waals surface area contributed by atoms with Crippen LogP contribution in [0.5, 0.6) is 46.4 Å². The van der Waals surface area contributed by atoms with E-state index in [0.29, 0.717) is 44.8 Å². The summed E-state index contributed by atoms with van der Waals surface area (Å²) in [6.45, 7) is 1.75. The van der Waals surface area contributed by atoms with Gasteiger partial charge in [-0.15, -0.1) is 0 Å². The summed E-state index contributed by atoms with van der Waals surface area (Å²) in [6.07, 6.45) is 0.752. The number of halogens is 12. The summed E-state index contributed by atoms with van der Waals surface area (Å²) >= 11 is 15.0. The van der Waals surface area contributed by atoms with Crippen LogP contribution in [0.15, 0.2) is 140 Å². The van der Waals surface area contributed by atoms with Crippen molar-refractivity contribution in [2.75, 3.05) is 14.2 Å². The second-order valence-corrected chi connectivity index (χ2v) is 15.8. The number of nitrogens with zero attached hydrogens (tertiary/aromatic N) is 8. The van der Waals surface area contributed by atoms with Crippen LogP contribution in [0.2, 0.25) is 10.0 Å². The normalized spacial score (nSPS) is 11.0. The highest BCUT2D eigenvalue weighted by Gasteiger charge is 2.32. The van der Waals surface area contributed by atoms with E-state index in [4.69, 9.17) is 56.9 Å². The van der Waals surface area contributed by atoms with Gasteiger partial charge < -0.3 is 33.7 Å². The average Bonchev–Trinajstić information content (AvgIpc) is 3.35. The predicted octanol–water partition coefficient (Wildman–Crippen LogP) is 12.1. The van der Waals surface area contributed by atoms with Crippen LogP contribution in [0.3, 0.4) is 0 Å². The Morgan fingerprint density at radius 1 is 0.473 bits per heavy atom. The number of methoxy groups -OCH3 is 2. The van der Waals surface area contributed by atoms with E-state index in [2.05, 4.69) is 55.8 Å². The Morgan fingerprint density at radius 3 is 1.27 bits per heavy atom. The van der Waals surface area contributed by atoms with E-state index in [0.717, 1.165) is 65.5 Å². The maximum atomic E-state index is 12.7. The SMILES string of the molecule is COc1c(Cl)cncc1-c1cncnc1Oc1ccc(C(F)(F)F)cc1.COc1c(Cl)cncc1Br.Cc1cncnc1Oc1ccc(C(F)(F)F)cc1.OB(O)c1cncnc1Oc1ccc(C(F)(F)F)cc1. The lowest BCUT2D eigenvalue weighted by Gasteiger charge is -2.13. The van der Waals surface area contributed by atoms with E-state index in [-0.39, 0.29) is 33.7 Å². The van der Waals surface area contributed by atoms with Crippen molar-refractivity contribution in [1.29, 1.82) is 0 Å². The minimum atomic E-state index is -4.43. The third-order valence-electron chi connectivity index (χ3n) is 9.05. The summed E-state index contributed by atoms with van der Waals surface area (Å²) in [6, 6.07) is 12.6. The third-order valence-corrected chi connectivity index (χ3v) is 10.2. The fourth-order valence-electron chi connectivity index (χ4n) is 5.56. The molecule has 8 aromatic rings. The summed E-state index contributed by atoms with van der Waals surface area (Å²) < 4.78 is 139. The fourth-order valence-corrected chi connectivity index (χ4v) is 6.64. The Labute approximate surface area is 432 Å². The molecule has 28 heteroatoms. The van der Waals surface area contributed by atoms with Gasteiger partial charge in [0.15, 0.2) is 5.75 Å². The Bertz CT molecular complexity index is 3060. The molecule has 0 radical (unpaired) electrons. The Hall–Kier alpha value is -7.39. The number of ether oxygens (including phenoxy) is 5. The second-order valence-electron chi connectivity index (χ2n) is 14.1. The molecule has 74 heavy (non-hydrogen) atoms. The van der Waals surface area contributed by atoms with E-state index in [1.807, 2.05) is 0 Å². The molecule has 0 spiro atoms. The quantitative estimate of drug-likeness (QED) is 0.0971. The van der Waals surface area contributed by atoms with Crippen LogP contribution in [0.4, 0.5) is 39.5 Å². The van der Waals surface area contributed by atoms with E-state index in [1.165, 1.54) is 68.8 Å². The zero-order valence-corrected chi connectivity index (χ0v) is 40.9. The molecule has 3 aromatic carbocycles. The van der Waals surface area contributed by atoms with E-state index in [9.17, 15) is 39.5 Å². The number of aryl methyl sites for hydroxylation is 1. The zero-order valence-electron chi connectivity index (χ0n) is 37.8. The molecular weight excluding hydrogens is 1110 g/mol. The second kappa shape index (κ2) is 26.0. The topological polar surface area (TPSA) is 190 Å². The monoisotopic (exact) mass is 1140 g/mol. The minimum absolute atomic E-state index is 0.0820. The Morgan fingerprint density at radius 2 is 0.851 bits per heavy atom.